The lowest BCUT2D eigenvalue weighted by Crippen LogP contribution is -2.50. The minimum absolute atomic E-state index is 0.113. The van der Waals surface area contributed by atoms with Crippen molar-refractivity contribution in [3.8, 4) is 11.3 Å². The number of hydrogen-bond acceptors (Lipinski definition) is 6. The maximum atomic E-state index is 14.1. The van der Waals surface area contributed by atoms with Gasteiger partial charge in [0.2, 0.25) is 0 Å². The third kappa shape index (κ3) is 3.18. The number of rotatable bonds is 5. The van der Waals surface area contributed by atoms with Gasteiger partial charge >= 0.3 is 0 Å². The molecular formula is C22H24FN7O2. The van der Waals surface area contributed by atoms with E-state index in [1.54, 1.807) is 11.6 Å². The van der Waals surface area contributed by atoms with Gasteiger partial charge in [0, 0.05) is 36.3 Å². The molecule has 2 atom stereocenters. The van der Waals surface area contributed by atoms with Crippen molar-refractivity contribution in [1.82, 2.24) is 29.5 Å². The predicted octanol–water partition coefficient (Wildman–Crippen LogP) is 2.76. The lowest BCUT2D eigenvalue weighted by atomic mass is 9.89. The summed E-state index contributed by atoms with van der Waals surface area (Å²) in [7, 11) is 1.75. The van der Waals surface area contributed by atoms with Gasteiger partial charge in [-0.25, -0.2) is 14.4 Å². The Kier molecular flexibility index (Phi) is 4.81. The zero-order valence-electron chi connectivity index (χ0n) is 18.0. The van der Waals surface area contributed by atoms with Gasteiger partial charge in [-0.3, -0.25) is 4.79 Å². The van der Waals surface area contributed by atoms with Gasteiger partial charge in [-0.15, -0.1) is 0 Å². The van der Waals surface area contributed by atoms with E-state index in [2.05, 4.69) is 20.7 Å². The van der Waals surface area contributed by atoms with E-state index in [1.165, 1.54) is 18.5 Å². The highest BCUT2D eigenvalue weighted by Gasteiger charge is 2.31. The molecule has 1 unspecified atom stereocenters. The van der Waals surface area contributed by atoms with Crippen LogP contribution in [0.5, 0.6) is 0 Å². The fraction of sp³-hybridized carbons (Fsp3) is 0.364. The maximum absolute atomic E-state index is 14.1. The number of nitrogens with zero attached hydrogens (tertiary/aromatic N) is 5. The van der Waals surface area contributed by atoms with E-state index in [0.717, 1.165) is 6.42 Å². The average molecular weight is 437 g/mol. The number of carbonyl (C=O) groups excluding carboxylic acids is 1. The van der Waals surface area contributed by atoms with Crippen LogP contribution >= 0.6 is 0 Å². The van der Waals surface area contributed by atoms with Gasteiger partial charge in [0.05, 0.1) is 30.2 Å². The summed E-state index contributed by atoms with van der Waals surface area (Å²) >= 11 is 0. The molecule has 5 rings (SSSR count). The Morgan fingerprint density at radius 1 is 1.25 bits per heavy atom. The number of aromatic nitrogens is 5. The lowest BCUT2D eigenvalue weighted by molar-refractivity contribution is 0.0448. The highest BCUT2D eigenvalue weighted by molar-refractivity contribution is 6.01. The van der Waals surface area contributed by atoms with E-state index in [9.17, 15) is 14.3 Å². The average Bonchev–Trinajstić information content (AvgIpc) is 3.37. The van der Waals surface area contributed by atoms with Crippen LogP contribution in [0.2, 0.25) is 0 Å². The number of pyridine rings is 1. The fourth-order valence-corrected chi connectivity index (χ4v) is 4.04. The van der Waals surface area contributed by atoms with Crippen LogP contribution in [0.3, 0.4) is 0 Å². The van der Waals surface area contributed by atoms with Gasteiger partial charge in [0.15, 0.2) is 5.65 Å². The quantitative estimate of drug-likeness (QED) is 0.443. The standard InChI is InChI=1S/C22H24FN7O2/c1-11(2)29-10-15(13-6-12(23)8-25-20(13)29)17-7-19(24-3)30-21(27-17)14(9-26-30)22(32)28-16-4-5-18(16)31/h6-11,16,18,24,31H,4-5H2,1-3H3,(H,28,32)/t16?,18-/m1/s1. The zero-order chi connectivity index (χ0) is 22.6. The van der Waals surface area contributed by atoms with E-state index in [1.807, 2.05) is 30.7 Å². The molecular weight excluding hydrogens is 413 g/mol. The first-order chi connectivity index (χ1) is 15.4. The second kappa shape index (κ2) is 7.56. The Labute approximate surface area is 183 Å². The van der Waals surface area contributed by atoms with Crippen LogP contribution < -0.4 is 10.6 Å². The number of aliphatic hydroxyl groups is 1. The number of hydrogen-bond donors (Lipinski definition) is 3. The molecule has 4 heterocycles. The number of fused-ring (bicyclic) bond motifs is 2. The van der Waals surface area contributed by atoms with Gasteiger partial charge in [0.25, 0.3) is 5.91 Å². The number of nitrogens with one attached hydrogen (secondary N) is 2. The normalized spacial score (nSPS) is 18.3. The van der Waals surface area contributed by atoms with E-state index in [0.29, 0.717) is 45.7 Å². The second-order valence-corrected chi connectivity index (χ2v) is 8.36. The molecule has 9 nitrogen and oxygen atoms in total. The van der Waals surface area contributed by atoms with Gasteiger partial charge < -0.3 is 20.3 Å². The molecule has 1 saturated carbocycles. The highest BCUT2D eigenvalue weighted by Crippen LogP contribution is 2.33. The number of carbonyl (C=O) groups is 1. The summed E-state index contributed by atoms with van der Waals surface area (Å²) in [6.07, 6.45) is 5.46. The third-order valence-electron chi connectivity index (χ3n) is 6.00. The molecule has 0 spiro atoms. The molecule has 3 N–H and O–H groups in total. The second-order valence-electron chi connectivity index (χ2n) is 8.36. The van der Waals surface area contributed by atoms with E-state index < -0.39 is 11.9 Å². The number of halogens is 1. The van der Waals surface area contributed by atoms with Crippen LogP contribution in [0.15, 0.2) is 30.7 Å². The molecule has 4 aromatic heterocycles. The van der Waals surface area contributed by atoms with Crippen molar-refractivity contribution >= 4 is 28.4 Å². The first kappa shape index (κ1) is 20.4. The molecule has 1 aliphatic rings. The Morgan fingerprint density at radius 2 is 2.06 bits per heavy atom. The smallest absolute Gasteiger partial charge is 0.257 e. The Hall–Kier alpha value is -3.53. The summed E-state index contributed by atoms with van der Waals surface area (Å²) in [5.74, 6) is -0.144. The Balaban J connectivity index is 1.67. The molecule has 4 aromatic rings. The van der Waals surface area contributed by atoms with Gasteiger partial charge in [-0.1, -0.05) is 0 Å². The van der Waals surface area contributed by atoms with Crippen molar-refractivity contribution in [1.29, 1.82) is 0 Å². The first-order valence-corrected chi connectivity index (χ1v) is 10.6. The molecule has 0 saturated heterocycles. The molecule has 0 aromatic carbocycles. The number of anilines is 1. The topological polar surface area (TPSA) is 109 Å². The van der Waals surface area contributed by atoms with Crippen molar-refractivity contribution in [3.63, 3.8) is 0 Å². The van der Waals surface area contributed by atoms with Gasteiger partial charge in [-0.05, 0) is 32.8 Å². The van der Waals surface area contributed by atoms with Crippen molar-refractivity contribution in [3.05, 3.63) is 42.1 Å². The summed E-state index contributed by atoms with van der Waals surface area (Å²) in [6, 6.07) is 3.11. The van der Waals surface area contributed by atoms with Gasteiger partial charge in [-0.2, -0.15) is 9.61 Å². The van der Waals surface area contributed by atoms with Gasteiger partial charge in [0.1, 0.15) is 22.8 Å². The highest BCUT2D eigenvalue weighted by atomic mass is 19.1. The number of aliphatic hydroxyl groups excluding tert-OH is 1. The van der Waals surface area contributed by atoms with Crippen LogP contribution in [-0.4, -0.2) is 54.4 Å². The van der Waals surface area contributed by atoms with E-state index in [-0.39, 0.29) is 18.0 Å². The molecule has 166 valence electrons. The minimum atomic E-state index is -0.526. The van der Waals surface area contributed by atoms with E-state index >= 15 is 0 Å². The molecule has 32 heavy (non-hydrogen) atoms. The Bertz CT molecular complexity index is 1340. The summed E-state index contributed by atoms with van der Waals surface area (Å²) < 4.78 is 17.6. The predicted molar refractivity (Wildman–Crippen MR) is 118 cm³/mol. The maximum Gasteiger partial charge on any atom is 0.257 e. The monoisotopic (exact) mass is 437 g/mol. The number of amides is 1. The summed E-state index contributed by atoms with van der Waals surface area (Å²) in [5.41, 5.74) is 2.61. The first-order valence-electron chi connectivity index (χ1n) is 10.6. The van der Waals surface area contributed by atoms with E-state index in [4.69, 9.17) is 4.98 Å². The molecule has 0 aliphatic heterocycles. The van der Waals surface area contributed by atoms with Crippen molar-refractivity contribution in [2.75, 3.05) is 12.4 Å². The lowest BCUT2D eigenvalue weighted by Gasteiger charge is -2.32. The zero-order valence-corrected chi connectivity index (χ0v) is 18.0. The Morgan fingerprint density at radius 3 is 2.72 bits per heavy atom. The third-order valence-corrected chi connectivity index (χ3v) is 6.00. The fourth-order valence-electron chi connectivity index (χ4n) is 4.04. The van der Waals surface area contributed by atoms with Crippen molar-refractivity contribution < 1.29 is 14.3 Å². The molecule has 0 radical (unpaired) electrons. The summed E-state index contributed by atoms with van der Waals surface area (Å²) in [4.78, 5) is 21.9. The SMILES string of the molecule is CNc1cc(-c2cn(C(C)C)c3ncc(F)cc23)nc2c(C(=O)NC3CC[C@H]3O)cnn12. The molecule has 1 fully saturated rings. The largest absolute Gasteiger partial charge is 0.391 e. The van der Waals surface area contributed by atoms with Crippen LogP contribution in [0.4, 0.5) is 10.2 Å². The molecule has 0 bridgehead atoms. The van der Waals surface area contributed by atoms with Crippen LogP contribution in [0.25, 0.3) is 27.9 Å². The van der Waals surface area contributed by atoms with Crippen molar-refractivity contribution in [2.24, 2.45) is 0 Å². The van der Waals surface area contributed by atoms with Crippen LogP contribution in [0.1, 0.15) is 43.1 Å². The molecule has 10 heteroatoms. The van der Waals surface area contributed by atoms with Crippen molar-refractivity contribution in [2.45, 2.75) is 44.9 Å². The summed E-state index contributed by atoms with van der Waals surface area (Å²) in [6.45, 7) is 4.05. The van der Waals surface area contributed by atoms with Crippen LogP contribution in [0, 0.1) is 5.82 Å². The van der Waals surface area contributed by atoms with Crippen LogP contribution in [-0.2, 0) is 0 Å². The minimum Gasteiger partial charge on any atom is -0.391 e. The molecule has 1 amide bonds. The summed E-state index contributed by atoms with van der Waals surface area (Å²) in [5, 5.41) is 20.7. The molecule has 1 aliphatic carbocycles.